The summed E-state index contributed by atoms with van der Waals surface area (Å²) in [6, 6.07) is 6.73. The van der Waals surface area contributed by atoms with E-state index < -0.39 is 11.7 Å². The van der Waals surface area contributed by atoms with Crippen LogP contribution in [0.25, 0.3) is 11.1 Å². The highest BCUT2D eigenvalue weighted by atomic mass is 19.4. The van der Waals surface area contributed by atoms with Gasteiger partial charge in [0.25, 0.3) is 0 Å². The zero-order chi connectivity index (χ0) is 13.2. The summed E-state index contributed by atoms with van der Waals surface area (Å²) < 4.78 is 37.3. The number of rotatable bonds is 2. The predicted octanol–water partition coefficient (Wildman–Crippen LogP) is 3.23. The molecule has 1 aromatic heterocycles. The highest BCUT2D eigenvalue weighted by Gasteiger charge is 2.29. The normalized spacial score (nSPS) is 11.6. The van der Waals surface area contributed by atoms with Crippen LogP contribution in [-0.2, 0) is 12.7 Å². The zero-order valence-electron chi connectivity index (χ0n) is 9.41. The van der Waals surface area contributed by atoms with Gasteiger partial charge in [0.05, 0.1) is 5.56 Å². The van der Waals surface area contributed by atoms with E-state index in [0.29, 0.717) is 12.1 Å². The van der Waals surface area contributed by atoms with Crippen molar-refractivity contribution in [3.8, 4) is 11.1 Å². The molecule has 0 aliphatic heterocycles. The molecule has 0 unspecified atom stereocenters. The Balaban J connectivity index is 2.41. The quantitative estimate of drug-likeness (QED) is 0.891. The van der Waals surface area contributed by atoms with E-state index in [9.17, 15) is 13.2 Å². The molecular weight excluding hydrogens is 241 g/mol. The maximum atomic E-state index is 12.4. The van der Waals surface area contributed by atoms with Crippen molar-refractivity contribution in [2.24, 2.45) is 5.73 Å². The largest absolute Gasteiger partial charge is 0.416 e. The van der Waals surface area contributed by atoms with Gasteiger partial charge in [-0.2, -0.15) is 13.2 Å². The smallest absolute Gasteiger partial charge is 0.326 e. The van der Waals surface area contributed by atoms with Crippen molar-refractivity contribution in [3.05, 3.63) is 53.9 Å². The summed E-state index contributed by atoms with van der Waals surface area (Å²) in [6.45, 7) is 0.318. The zero-order valence-corrected chi connectivity index (χ0v) is 9.41. The number of nitrogens with zero attached hydrogens (tertiary/aromatic N) is 1. The van der Waals surface area contributed by atoms with Crippen molar-refractivity contribution in [1.82, 2.24) is 4.98 Å². The second-order valence-electron chi connectivity index (χ2n) is 3.81. The SMILES string of the molecule is NCc1ccncc1-c1ccc(C(F)(F)F)cc1. The lowest BCUT2D eigenvalue weighted by molar-refractivity contribution is -0.137. The van der Waals surface area contributed by atoms with Crippen LogP contribution in [0.5, 0.6) is 0 Å². The fraction of sp³-hybridized carbons (Fsp3) is 0.154. The summed E-state index contributed by atoms with van der Waals surface area (Å²) in [5, 5.41) is 0. The molecule has 2 aromatic rings. The summed E-state index contributed by atoms with van der Waals surface area (Å²) in [5.41, 5.74) is 7.20. The van der Waals surface area contributed by atoms with Crippen LogP contribution in [0.15, 0.2) is 42.7 Å². The first-order valence-electron chi connectivity index (χ1n) is 5.33. The first-order chi connectivity index (χ1) is 8.52. The molecule has 18 heavy (non-hydrogen) atoms. The maximum absolute atomic E-state index is 12.4. The standard InChI is InChI=1S/C13H11F3N2/c14-13(15,16)11-3-1-9(2-4-11)12-8-18-6-5-10(12)7-17/h1-6,8H,7,17H2. The van der Waals surface area contributed by atoms with Crippen molar-refractivity contribution < 1.29 is 13.2 Å². The van der Waals surface area contributed by atoms with E-state index in [1.165, 1.54) is 12.1 Å². The van der Waals surface area contributed by atoms with Gasteiger partial charge in [-0.1, -0.05) is 12.1 Å². The van der Waals surface area contributed by atoms with Gasteiger partial charge in [0.2, 0.25) is 0 Å². The number of hydrogen-bond donors (Lipinski definition) is 1. The fourth-order valence-corrected chi connectivity index (χ4v) is 1.70. The van der Waals surface area contributed by atoms with Crippen molar-refractivity contribution >= 4 is 0 Å². The first kappa shape index (κ1) is 12.6. The van der Waals surface area contributed by atoms with Crippen LogP contribution in [0, 0.1) is 0 Å². The molecule has 0 aliphatic carbocycles. The molecule has 1 aromatic carbocycles. The van der Waals surface area contributed by atoms with Gasteiger partial charge < -0.3 is 5.73 Å². The molecule has 0 fully saturated rings. The molecule has 0 atom stereocenters. The molecule has 1 heterocycles. The highest BCUT2D eigenvalue weighted by molar-refractivity contribution is 5.66. The van der Waals surface area contributed by atoms with Crippen molar-refractivity contribution in [2.45, 2.75) is 12.7 Å². The summed E-state index contributed by atoms with van der Waals surface area (Å²) in [5.74, 6) is 0. The van der Waals surface area contributed by atoms with Crippen LogP contribution < -0.4 is 5.73 Å². The van der Waals surface area contributed by atoms with Gasteiger partial charge in [0.1, 0.15) is 0 Å². The third-order valence-corrected chi connectivity index (χ3v) is 2.65. The number of alkyl halides is 3. The number of nitrogens with two attached hydrogens (primary N) is 1. The van der Waals surface area contributed by atoms with E-state index in [2.05, 4.69) is 4.98 Å². The van der Waals surface area contributed by atoms with Crippen molar-refractivity contribution in [3.63, 3.8) is 0 Å². The second-order valence-corrected chi connectivity index (χ2v) is 3.81. The van der Waals surface area contributed by atoms with Crippen LogP contribution in [0.1, 0.15) is 11.1 Å². The van der Waals surface area contributed by atoms with Gasteiger partial charge in [0, 0.05) is 24.5 Å². The molecule has 94 valence electrons. The molecular formula is C13H11F3N2. The molecule has 0 radical (unpaired) electrons. The summed E-state index contributed by atoms with van der Waals surface area (Å²) in [7, 11) is 0. The van der Waals surface area contributed by atoms with Gasteiger partial charge in [-0.25, -0.2) is 0 Å². The van der Waals surface area contributed by atoms with Gasteiger partial charge in [-0.3, -0.25) is 4.98 Å². The third kappa shape index (κ3) is 2.51. The van der Waals surface area contributed by atoms with Crippen LogP contribution in [-0.4, -0.2) is 4.98 Å². The van der Waals surface area contributed by atoms with E-state index in [1.807, 2.05) is 0 Å². The lowest BCUT2D eigenvalue weighted by Crippen LogP contribution is -2.04. The number of pyridine rings is 1. The van der Waals surface area contributed by atoms with Gasteiger partial charge in [-0.15, -0.1) is 0 Å². The molecule has 2 N–H and O–H groups in total. The Labute approximate surface area is 102 Å². The summed E-state index contributed by atoms with van der Waals surface area (Å²) in [4.78, 5) is 3.96. The molecule has 0 amide bonds. The molecule has 0 aliphatic rings. The molecule has 0 saturated carbocycles. The van der Waals surface area contributed by atoms with Crippen LogP contribution in [0.2, 0.25) is 0 Å². The van der Waals surface area contributed by atoms with E-state index in [0.717, 1.165) is 23.3 Å². The topological polar surface area (TPSA) is 38.9 Å². The Morgan fingerprint density at radius 2 is 1.72 bits per heavy atom. The fourth-order valence-electron chi connectivity index (χ4n) is 1.70. The van der Waals surface area contributed by atoms with Gasteiger partial charge in [-0.05, 0) is 29.3 Å². The molecule has 0 spiro atoms. The lowest BCUT2D eigenvalue weighted by Gasteiger charge is -2.09. The van der Waals surface area contributed by atoms with Gasteiger partial charge >= 0.3 is 6.18 Å². The molecule has 2 rings (SSSR count). The predicted molar refractivity (Wildman–Crippen MR) is 62.6 cm³/mol. The minimum absolute atomic E-state index is 0.318. The monoisotopic (exact) mass is 252 g/mol. The van der Waals surface area contributed by atoms with E-state index in [4.69, 9.17) is 5.73 Å². The summed E-state index contributed by atoms with van der Waals surface area (Å²) >= 11 is 0. The number of hydrogen-bond acceptors (Lipinski definition) is 2. The van der Waals surface area contributed by atoms with E-state index in [1.54, 1.807) is 18.5 Å². The Morgan fingerprint density at radius 3 is 2.28 bits per heavy atom. The van der Waals surface area contributed by atoms with Gasteiger partial charge in [0.15, 0.2) is 0 Å². The Kier molecular flexibility index (Phi) is 3.34. The first-order valence-corrected chi connectivity index (χ1v) is 5.33. The van der Waals surface area contributed by atoms with Crippen LogP contribution in [0.4, 0.5) is 13.2 Å². The minimum atomic E-state index is -4.32. The van der Waals surface area contributed by atoms with Crippen molar-refractivity contribution in [2.75, 3.05) is 0 Å². The molecule has 0 saturated heterocycles. The van der Waals surface area contributed by atoms with Crippen LogP contribution in [0.3, 0.4) is 0 Å². The summed E-state index contributed by atoms with van der Waals surface area (Å²) in [6.07, 6.45) is -1.11. The Bertz CT molecular complexity index is 533. The third-order valence-electron chi connectivity index (χ3n) is 2.65. The average Bonchev–Trinajstić information content (AvgIpc) is 2.38. The number of aromatic nitrogens is 1. The average molecular weight is 252 g/mol. The maximum Gasteiger partial charge on any atom is 0.416 e. The Hall–Kier alpha value is -1.88. The minimum Gasteiger partial charge on any atom is -0.326 e. The highest BCUT2D eigenvalue weighted by Crippen LogP contribution is 2.31. The molecule has 5 heteroatoms. The molecule has 2 nitrogen and oxygen atoms in total. The van der Waals surface area contributed by atoms with E-state index >= 15 is 0 Å². The number of benzene rings is 1. The van der Waals surface area contributed by atoms with E-state index in [-0.39, 0.29) is 0 Å². The van der Waals surface area contributed by atoms with Crippen LogP contribution >= 0.6 is 0 Å². The lowest BCUT2D eigenvalue weighted by atomic mass is 10.0. The second kappa shape index (κ2) is 4.78. The molecule has 0 bridgehead atoms. The number of halogens is 3. The van der Waals surface area contributed by atoms with Crippen molar-refractivity contribution in [1.29, 1.82) is 0 Å². The Morgan fingerprint density at radius 1 is 1.06 bits per heavy atom.